The van der Waals surface area contributed by atoms with Crippen molar-refractivity contribution in [2.24, 2.45) is 4.99 Å². The summed E-state index contributed by atoms with van der Waals surface area (Å²) in [5.74, 6) is -3.05. The summed E-state index contributed by atoms with van der Waals surface area (Å²) < 4.78 is 0. The molecular weight excluding hydrogens is 478 g/mol. The van der Waals surface area contributed by atoms with E-state index in [9.17, 15) is 19.8 Å². The maximum Gasteiger partial charge on any atom is 0.328 e. The molecule has 0 aromatic rings. The van der Waals surface area contributed by atoms with Crippen molar-refractivity contribution < 1.29 is 47.3 Å². The summed E-state index contributed by atoms with van der Waals surface area (Å²) in [6.07, 6.45) is 18.3. The molecule has 0 aliphatic carbocycles. The van der Waals surface area contributed by atoms with Gasteiger partial charge in [-0.05, 0) is 31.6 Å². The van der Waals surface area contributed by atoms with Crippen LogP contribution in [0.1, 0.15) is 122 Å². The fourth-order valence-electron chi connectivity index (χ4n) is 3.38. The monoisotopic (exact) mass is 518 g/mol. The van der Waals surface area contributed by atoms with Crippen LogP contribution in [0.4, 0.5) is 0 Å². The van der Waals surface area contributed by atoms with Crippen molar-refractivity contribution >= 4 is 17.8 Å². The number of nitrogens with zero attached hydrogens (tertiary/aromatic N) is 1. The van der Waals surface area contributed by atoms with Gasteiger partial charge in [-0.15, -0.1) is 0 Å². The van der Waals surface area contributed by atoms with Crippen LogP contribution >= 0.6 is 0 Å². The van der Waals surface area contributed by atoms with Gasteiger partial charge in [-0.1, -0.05) is 96.8 Å². The first-order valence-corrected chi connectivity index (χ1v) is 11.6. The standard InChI is InChI=1S/C23H43NO5.Ag/c1-2-3-4-5-6-7-8-9-10-11-12-13-14-15-16-17-21(25)24-20(23(28)29)18-19-22(26)27;/h20H,2-19H2,1H3,(H,24,25)(H,26,27)(H,28,29);/p-2/t20-;/m0./s1. The summed E-state index contributed by atoms with van der Waals surface area (Å²) in [6, 6.07) is -1.28. The third-order valence-electron chi connectivity index (χ3n) is 5.20. The van der Waals surface area contributed by atoms with Crippen LogP contribution in [0, 0.1) is 0 Å². The van der Waals surface area contributed by atoms with E-state index in [-0.39, 0.29) is 35.2 Å². The molecule has 0 amide bonds. The molecule has 1 radical (unpaired) electrons. The first-order valence-electron chi connectivity index (χ1n) is 11.6. The van der Waals surface area contributed by atoms with Crippen LogP contribution in [0.15, 0.2) is 4.99 Å². The van der Waals surface area contributed by atoms with Crippen molar-refractivity contribution in [3.63, 3.8) is 0 Å². The predicted octanol–water partition coefficient (Wildman–Crippen LogP) is 3.99. The quantitative estimate of drug-likeness (QED) is 0.107. The van der Waals surface area contributed by atoms with E-state index in [2.05, 4.69) is 11.9 Å². The Morgan fingerprint density at radius 1 is 0.733 bits per heavy atom. The predicted molar refractivity (Wildman–Crippen MR) is 113 cm³/mol. The van der Waals surface area contributed by atoms with Gasteiger partial charge in [0.2, 0.25) is 0 Å². The first kappa shape index (κ1) is 31.3. The molecule has 0 bridgehead atoms. The van der Waals surface area contributed by atoms with E-state index in [0.29, 0.717) is 6.42 Å². The van der Waals surface area contributed by atoms with Crippen molar-refractivity contribution in [1.29, 1.82) is 0 Å². The number of carboxylic acids is 2. The molecule has 0 heterocycles. The molecule has 1 atom stereocenters. The molecule has 1 N–H and O–H groups in total. The van der Waals surface area contributed by atoms with Gasteiger partial charge >= 0.3 is 5.97 Å². The number of rotatable bonds is 21. The average molecular weight is 519 g/mol. The zero-order chi connectivity index (χ0) is 21.7. The van der Waals surface area contributed by atoms with Gasteiger partial charge in [0.05, 0.1) is 0 Å². The van der Waals surface area contributed by atoms with Gasteiger partial charge in [0.15, 0.2) is 0 Å². The number of hydrogen-bond donors (Lipinski definition) is 1. The van der Waals surface area contributed by atoms with Crippen LogP contribution < -0.4 is 10.2 Å². The molecule has 0 fully saturated rings. The Labute approximate surface area is 198 Å². The minimum Gasteiger partial charge on any atom is -0.862 e. The Balaban J connectivity index is 0. The van der Waals surface area contributed by atoms with E-state index in [1.807, 2.05) is 0 Å². The molecule has 0 aromatic heterocycles. The minimum atomic E-state index is -1.33. The summed E-state index contributed by atoms with van der Waals surface area (Å²) in [5, 5.41) is 31.1. The van der Waals surface area contributed by atoms with E-state index in [4.69, 9.17) is 5.11 Å². The van der Waals surface area contributed by atoms with Crippen LogP contribution in [0.3, 0.4) is 0 Å². The molecule has 30 heavy (non-hydrogen) atoms. The van der Waals surface area contributed by atoms with Gasteiger partial charge in [-0.3, -0.25) is 4.99 Å². The van der Waals surface area contributed by atoms with Crippen LogP contribution in [-0.4, -0.2) is 29.0 Å². The minimum absolute atomic E-state index is 0. The van der Waals surface area contributed by atoms with Crippen LogP contribution in [0.5, 0.6) is 0 Å². The van der Waals surface area contributed by atoms with Gasteiger partial charge in [0.25, 0.3) is 0 Å². The van der Waals surface area contributed by atoms with Crippen molar-refractivity contribution in [3.05, 3.63) is 0 Å². The SMILES string of the molecule is CCCCCCCCCCCCCCCCCC([O-])=N[C@@H](CCC(=O)[O-])C(=O)O.[Ag]. The second kappa shape index (κ2) is 22.8. The molecular formula is C23H41AgNO5-2. The van der Waals surface area contributed by atoms with E-state index >= 15 is 0 Å². The fourth-order valence-corrected chi connectivity index (χ4v) is 3.38. The normalized spacial score (nSPS) is 12.4. The number of carbonyl (C=O) groups is 2. The second-order valence-corrected chi connectivity index (χ2v) is 7.99. The topological polar surface area (TPSA) is 113 Å². The molecule has 0 aliphatic rings. The summed E-state index contributed by atoms with van der Waals surface area (Å²) in [6.45, 7) is 2.25. The Morgan fingerprint density at radius 2 is 1.13 bits per heavy atom. The number of unbranched alkanes of at least 4 members (excludes halogenated alkanes) is 14. The summed E-state index contributed by atoms with van der Waals surface area (Å²) in [5.41, 5.74) is 0. The maximum absolute atomic E-state index is 11.7. The third-order valence-corrected chi connectivity index (χ3v) is 5.20. The van der Waals surface area contributed by atoms with E-state index in [1.165, 1.54) is 77.0 Å². The number of aliphatic carboxylic acids is 2. The number of carbonyl (C=O) groups excluding carboxylic acids is 1. The molecule has 0 spiro atoms. The third kappa shape index (κ3) is 21.8. The molecule has 0 aliphatic heterocycles. The molecule has 0 saturated heterocycles. The average Bonchev–Trinajstić information content (AvgIpc) is 2.67. The van der Waals surface area contributed by atoms with E-state index < -0.39 is 30.3 Å². The van der Waals surface area contributed by atoms with Crippen molar-refractivity contribution in [3.8, 4) is 0 Å². The van der Waals surface area contributed by atoms with Gasteiger partial charge in [-0.2, -0.15) is 0 Å². The molecule has 0 rings (SSSR count). The maximum atomic E-state index is 11.7. The molecule has 0 unspecified atom stereocenters. The molecule has 0 aromatic carbocycles. The van der Waals surface area contributed by atoms with Gasteiger partial charge in [0.1, 0.15) is 6.04 Å². The summed E-state index contributed by atoms with van der Waals surface area (Å²) in [7, 11) is 0. The Hall–Kier alpha value is -0.850. The zero-order valence-corrected chi connectivity index (χ0v) is 20.1. The summed E-state index contributed by atoms with van der Waals surface area (Å²) in [4.78, 5) is 25.0. The van der Waals surface area contributed by atoms with Crippen molar-refractivity contribution in [2.75, 3.05) is 0 Å². The van der Waals surface area contributed by atoms with Gasteiger partial charge < -0.3 is 20.1 Å². The largest absolute Gasteiger partial charge is 0.862 e. The van der Waals surface area contributed by atoms with Crippen molar-refractivity contribution in [2.45, 2.75) is 129 Å². The fraction of sp³-hybridized carbons (Fsp3) is 0.870. The van der Waals surface area contributed by atoms with Gasteiger partial charge in [-0.25, -0.2) is 4.79 Å². The Kier molecular flexibility index (Phi) is 23.8. The Morgan fingerprint density at radius 3 is 1.50 bits per heavy atom. The van der Waals surface area contributed by atoms with Crippen LogP contribution in [0.2, 0.25) is 0 Å². The molecule has 181 valence electrons. The smallest absolute Gasteiger partial charge is 0.328 e. The number of aliphatic imine (C=N–C) groups is 1. The molecule has 6 nitrogen and oxygen atoms in total. The first-order chi connectivity index (χ1) is 14.0. The second-order valence-electron chi connectivity index (χ2n) is 7.99. The number of hydrogen-bond acceptors (Lipinski definition) is 5. The van der Waals surface area contributed by atoms with E-state index in [1.54, 1.807) is 0 Å². The van der Waals surface area contributed by atoms with Gasteiger partial charge in [0, 0.05) is 28.3 Å². The zero-order valence-electron chi connectivity index (χ0n) is 18.6. The van der Waals surface area contributed by atoms with Crippen molar-refractivity contribution in [1.82, 2.24) is 0 Å². The Bertz CT molecular complexity index is 457. The number of carboxylic acid groups (broad SMARTS) is 2. The van der Waals surface area contributed by atoms with E-state index in [0.717, 1.165) is 12.8 Å². The van der Waals surface area contributed by atoms with Crippen LogP contribution in [-0.2, 0) is 32.0 Å². The molecule has 0 saturated carbocycles. The molecule has 7 heteroatoms. The van der Waals surface area contributed by atoms with Crippen LogP contribution in [0.25, 0.3) is 0 Å². The summed E-state index contributed by atoms with van der Waals surface area (Å²) >= 11 is 0.